The predicted octanol–water partition coefficient (Wildman–Crippen LogP) is 2.47. The maximum atomic E-state index is 12.8. The van der Waals surface area contributed by atoms with Gasteiger partial charge in [0.15, 0.2) is 0 Å². The lowest BCUT2D eigenvalue weighted by Gasteiger charge is -2.37. The third-order valence-corrected chi connectivity index (χ3v) is 5.37. The molecular formula is C18H26N2O2. The van der Waals surface area contributed by atoms with Crippen LogP contribution in [0.5, 0.6) is 0 Å². The standard InChI is InChI=1S/C18H26N2O2/c1-13-12-19-9-8-14(13)11-18(22)20-10-4-6-16(20)15-5-2-3-7-17(15)21/h8-9,12,15-17,21H,2-7,10-11H2,1H3. The fourth-order valence-corrected chi connectivity index (χ4v) is 4.10. The summed E-state index contributed by atoms with van der Waals surface area (Å²) in [5.41, 5.74) is 2.14. The second kappa shape index (κ2) is 6.78. The number of amides is 1. The quantitative estimate of drug-likeness (QED) is 0.933. The Kier molecular flexibility index (Phi) is 4.77. The Morgan fingerprint density at radius 1 is 1.32 bits per heavy atom. The molecule has 2 aliphatic rings. The van der Waals surface area contributed by atoms with E-state index in [0.717, 1.165) is 49.8 Å². The van der Waals surface area contributed by atoms with Gasteiger partial charge in [0.25, 0.3) is 0 Å². The molecule has 120 valence electrons. The molecule has 0 aromatic carbocycles. The molecule has 1 saturated carbocycles. The lowest BCUT2D eigenvalue weighted by Crippen LogP contribution is -2.45. The summed E-state index contributed by atoms with van der Waals surface area (Å²) in [4.78, 5) is 18.9. The Morgan fingerprint density at radius 3 is 2.91 bits per heavy atom. The summed E-state index contributed by atoms with van der Waals surface area (Å²) in [6.07, 6.45) is 10.2. The van der Waals surface area contributed by atoms with Crippen molar-refractivity contribution in [3.05, 3.63) is 29.6 Å². The zero-order valence-corrected chi connectivity index (χ0v) is 13.4. The third kappa shape index (κ3) is 3.17. The number of hydrogen-bond acceptors (Lipinski definition) is 3. The monoisotopic (exact) mass is 302 g/mol. The van der Waals surface area contributed by atoms with E-state index in [9.17, 15) is 9.90 Å². The average Bonchev–Trinajstić information content (AvgIpc) is 2.99. The number of pyridine rings is 1. The molecule has 3 rings (SSSR count). The van der Waals surface area contributed by atoms with Gasteiger partial charge in [-0.05, 0) is 49.8 Å². The van der Waals surface area contributed by atoms with Gasteiger partial charge >= 0.3 is 0 Å². The minimum Gasteiger partial charge on any atom is -0.393 e. The van der Waals surface area contributed by atoms with Gasteiger partial charge in [0, 0.05) is 30.9 Å². The number of hydrogen-bond donors (Lipinski definition) is 1. The smallest absolute Gasteiger partial charge is 0.227 e. The highest BCUT2D eigenvalue weighted by atomic mass is 16.3. The van der Waals surface area contributed by atoms with Gasteiger partial charge in [0.2, 0.25) is 5.91 Å². The van der Waals surface area contributed by atoms with Crippen LogP contribution in [0.1, 0.15) is 49.7 Å². The molecule has 4 heteroatoms. The van der Waals surface area contributed by atoms with Crippen molar-refractivity contribution in [3.8, 4) is 0 Å². The molecule has 0 spiro atoms. The first-order valence-corrected chi connectivity index (χ1v) is 8.54. The summed E-state index contributed by atoms with van der Waals surface area (Å²) >= 11 is 0. The van der Waals surface area contributed by atoms with Crippen molar-refractivity contribution < 1.29 is 9.90 Å². The van der Waals surface area contributed by atoms with Crippen molar-refractivity contribution in [1.29, 1.82) is 0 Å². The average molecular weight is 302 g/mol. The van der Waals surface area contributed by atoms with Crippen LogP contribution >= 0.6 is 0 Å². The molecule has 0 bridgehead atoms. The lowest BCUT2D eigenvalue weighted by atomic mass is 9.80. The Hall–Kier alpha value is -1.42. The molecule has 4 nitrogen and oxygen atoms in total. The molecule has 1 aromatic heterocycles. The van der Waals surface area contributed by atoms with E-state index in [-0.39, 0.29) is 24.0 Å². The van der Waals surface area contributed by atoms with E-state index >= 15 is 0 Å². The van der Waals surface area contributed by atoms with Gasteiger partial charge in [0.1, 0.15) is 0 Å². The second-order valence-corrected chi connectivity index (χ2v) is 6.79. The van der Waals surface area contributed by atoms with Gasteiger partial charge in [-0.25, -0.2) is 0 Å². The molecule has 1 amide bonds. The maximum Gasteiger partial charge on any atom is 0.227 e. The van der Waals surface area contributed by atoms with Crippen molar-refractivity contribution in [2.45, 2.75) is 64.0 Å². The second-order valence-electron chi connectivity index (χ2n) is 6.79. The van der Waals surface area contributed by atoms with Crippen molar-refractivity contribution in [2.75, 3.05) is 6.54 Å². The van der Waals surface area contributed by atoms with Crippen molar-refractivity contribution in [1.82, 2.24) is 9.88 Å². The highest BCUT2D eigenvalue weighted by Gasteiger charge is 2.38. The Balaban J connectivity index is 1.70. The minimum absolute atomic E-state index is 0.203. The van der Waals surface area contributed by atoms with Crippen LogP contribution in [-0.4, -0.2) is 39.6 Å². The molecule has 1 saturated heterocycles. The van der Waals surface area contributed by atoms with Crippen LogP contribution in [0.2, 0.25) is 0 Å². The number of aromatic nitrogens is 1. The molecule has 22 heavy (non-hydrogen) atoms. The summed E-state index contributed by atoms with van der Waals surface area (Å²) in [6.45, 7) is 2.85. The SMILES string of the molecule is Cc1cnccc1CC(=O)N1CCCC1C1CCCCC1O. The van der Waals surface area contributed by atoms with E-state index in [4.69, 9.17) is 0 Å². The highest BCUT2D eigenvalue weighted by molar-refractivity contribution is 5.79. The van der Waals surface area contributed by atoms with E-state index in [0.29, 0.717) is 6.42 Å². The van der Waals surface area contributed by atoms with Crippen molar-refractivity contribution in [3.63, 3.8) is 0 Å². The minimum atomic E-state index is -0.227. The van der Waals surface area contributed by atoms with Gasteiger partial charge in [-0.3, -0.25) is 9.78 Å². The van der Waals surface area contributed by atoms with Gasteiger partial charge in [-0.1, -0.05) is 12.8 Å². The zero-order chi connectivity index (χ0) is 15.5. The predicted molar refractivity (Wildman–Crippen MR) is 85.4 cm³/mol. The number of carbonyl (C=O) groups excluding carboxylic acids is 1. The topological polar surface area (TPSA) is 53.4 Å². The fraction of sp³-hybridized carbons (Fsp3) is 0.667. The number of rotatable bonds is 3. The number of nitrogens with zero attached hydrogens (tertiary/aromatic N) is 2. The van der Waals surface area contributed by atoms with E-state index in [1.54, 1.807) is 6.20 Å². The number of carbonyl (C=O) groups is 1. The maximum absolute atomic E-state index is 12.8. The number of likely N-dealkylation sites (tertiary alicyclic amines) is 1. The summed E-state index contributed by atoms with van der Waals surface area (Å²) < 4.78 is 0. The highest BCUT2D eigenvalue weighted by Crippen LogP contribution is 2.35. The van der Waals surface area contributed by atoms with E-state index < -0.39 is 0 Å². The molecule has 1 aliphatic heterocycles. The lowest BCUT2D eigenvalue weighted by molar-refractivity contribution is -0.133. The van der Waals surface area contributed by atoms with Crippen LogP contribution < -0.4 is 0 Å². The summed E-state index contributed by atoms with van der Waals surface area (Å²) in [5.74, 6) is 0.480. The van der Waals surface area contributed by atoms with E-state index in [1.807, 2.05) is 24.1 Å². The molecule has 1 aliphatic carbocycles. The van der Waals surface area contributed by atoms with Gasteiger partial charge in [-0.15, -0.1) is 0 Å². The van der Waals surface area contributed by atoms with Gasteiger partial charge in [0.05, 0.1) is 12.5 Å². The van der Waals surface area contributed by atoms with Crippen LogP contribution in [0.4, 0.5) is 0 Å². The largest absolute Gasteiger partial charge is 0.393 e. The number of aliphatic hydroxyl groups excluding tert-OH is 1. The molecule has 2 heterocycles. The van der Waals surface area contributed by atoms with Crippen molar-refractivity contribution in [2.24, 2.45) is 5.92 Å². The molecule has 3 atom stereocenters. The number of aryl methyl sites for hydroxylation is 1. The first-order chi connectivity index (χ1) is 10.7. The van der Waals surface area contributed by atoms with Crippen LogP contribution in [-0.2, 0) is 11.2 Å². The third-order valence-electron chi connectivity index (χ3n) is 5.37. The Labute approximate surface area is 132 Å². The zero-order valence-electron chi connectivity index (χ0n) is 13.4. The van der Waals surface area contributed by atoms with Crippen LogP contribution in [0.25, 0.3) is 0 Å². The molecule has 1 N–H and O–H groups in total. The van der Waals surface area contributed by atoms with Gasteiger partial charge in [-0.2, -0.15) is 0 Å². The Morgan fingerprint density at radius 2 is 2.14 bits per heavy atom. The fourth-order valence-electron chi connectivity index (χ4n) is 4.10. The molecule has 2 fully saturated rings. The number of aliphatic hydroxyl groups is 1. The molecule has 0 radical (unpaired) electrons. The normalized spacial score (nSPS) is 28.8. The van der Waals surface area contributed by atoms with Crippen LogP contribution in [0, 0.1) is 12.8 Å². The summed E-state index contributed by atoms with van der Waals surface area (Å²) in [6, 6.07) is 2.18. The summed E-state index contributed by atoms with van der Waals surface area (Å²) in [5, 5.41) is 10.3. The van der Waals surface area contributed by atoms with E-state index in [1.165, 1.54) is 6.42 Å². The van der Waals surface area contributed by atoms with E-state index in [2.05, 4.69) is 4.98 Å². The van der Waals surface area contributed by atoms with Crippen LogP contribution in [0.3, 0.4) is 0 Å². The first-order valence-electron chi connectivity index (χ1n) is 8.54. The van der Waals surface area contributed by atoms with Crippen LogP contribution in [0.15, 0.2) is 18.5 Å². The van der Waals surface area contributed by atoms with Gasteiger partial charge < -0.3 is 10.0 Å². The summed E-state index contributed by atoms with van der Waals surface area (Å²) in [7, 11) is 0. The first kappa shape index (κ1) is 15.5. The molecule has 3 unspecified atom stereocenters. The van der Waals surface area contributed by atoms with Crippen molar-refractivity contribution >= 4 is 5.91 Å². The molecular weight excluding hydrogens is 276 g/mol. The molecule has 1 aromatic rings. The Bertz CT molecular complexity index is 532.